The highest BCUT2D eigenvalue weighted by atomic mass is 35.5. The third-order valence-electron chi connectivity index (χ3n) is 6.34. The maximum absolute atomic E-state index is 13.8. The van der Waals surface area contributed by atoms with Gasteiger partial charge in [0.15, 0.2) is 0 Å². The highest BCUT2D eigenvalue weighted by Crippen LogP contribution is 2.37. The molecular formula is C28H22Cl2FN7. The van der Waals surface area contributed by atoms with E-state index < -0.39 is 11.8 Å². The number of benzene rings is 3. The first-order chi connectivity index (χ1) is 18.8. The Morgan fingerprint density at radius 1 is 1.13 bits per heavy atom. The van der Waals surface area contributed by atoms with Crippen LogP contribution in [-0.2, 0) is 0 Å². The number of rotatable bonds is 7. The molecular weight excluding hydrogens is 524 g/mol. The largest absolute Gasteiger partial charge is 0.373 e. The van der Waals surface area contributed by atoms with E-state index in [1.807, 2.05) is 17.3 Å². The third kappa shape index (κ3) is 4.92. The highest BCUT2D eigenvalue weighted by Gasteiger charge is 2.32. The Balaban J connectivity index is 1.46. The molecule has 38 heavy (non-hydrogen) atoms. The number of aromatic nitrogens is 1. The van der Waals surface area contributed by atoms with Crippen molar-refractivity contribution in [3.63, 3.8) is 0 Å². The van der Waals surface area contributed by atoms with Crippen molar-refractivity contribution >= 4 is 51.2 Å². The van der Waals surface area contributed by atoms with Gasteiger partial charge in [0.05, 0.1) is 34.9 Å². The Bertz CT molecular complexity index is 1650. The number of pyridine rings is 1. The van der Waals surface area contributed by atoms with Gasteiger partial charge in [0.25, 0.3) is 0 Å². The van der Waals surface area contributed by atoms with Crippen molar-refractivity contribution in [2.24, 2.45) is 0 Å². The third-order valence-corrected chi connectivity index (χ3v) is 6.86. The van der Waals surface area contributed by atoms with Crippen molar-refractivity contribution < 1.29 is 5.76 Å². The van der Waals surface area contributed by atoms with Crippen molar-refractivity contribution in [1.29, 1.82) is 5.26 Å². The molecule has 0 spiro atoms. The van der Waals surface area contributed by atoms with Crippen LogP contribution in [0, 0.1) is 17.1 Å². The van der Waals surface area contributed by atoms with Crippen molar-refractivity contribution in [1.82, 2.24) is 21.0 Å². The van der Waals surface area contributed by atoms with Crippen LogP contribution >= 0.6 is 23.2 Å². The number of hydrogen-bond donors (Lipinski definition) is 4. The van der Waals surface area contributed by atoms with Gasteiger partial charge in [0, 0.05) is 40.2 Å². The molecule has 0 saturated heterocycles. The van der Waals surface area contributed by atoms with E-state index in [0.29, 0.717) is 60.9 Å². The monoisotopic (exact) mass is 546 g/mol. The fraction of sp³-hybridized carbons (Fsp3) is 0.143. The molecule has 1 unspecified atom stereocenters. The molecule has 3 aromatic carbocycles. The Labute approximate surface area is 230 Å². The summed E-state index contributed by atoms with van der Waals surface area (Å²) in [5.74, 6) is -0.396. The van der Waals surface area contributed by atoms with Crippen molar-refractivity contribution in [3.05, 3.63) is 106 Å². The molecule has 1 fully saturated rings. The summed E-state index contributed by atoms with van der Waals surface area (Å²) in [4.78, 5) is 4.41. The smallest absolute Gasteiger partial charge is 0.123 e. The SMILES string of the molecule is [2H]C(Nc1cc(Cl)c2ncc(C#N)c(Nc3cccc(Cl)c3)c2c1)(C1=CN(C2CC2)NN1)c1ccc(F)cc1. The zero-order valence-corrected chi connectivity index (χ0v) is 21.4. The van der Waals surface area contributed by atoms with E-state index >= 15 is 0 Å². The molecule has 0 amide bonds. The average molecular weight is 547 g/mol. The molecule has 10 heteroatoms. The second kappa shape index (κ2) is 10.0. The summed E-state index contributed by atoms with van der Waals surface area (Å²) < 4.78 is 23.4. The van der Waals surface area contributed by atoms with E-state index in [4.69, 9.17) is 23.2 Å². The molecule has 190 valence electrons. The van der Waals surface area contributed by atoms with Gasteiger partial charge in [-0.3, -0.25) is 9.99 Å². The van der Waals surface area contributed by atoms with Crippen LogP contribution in [0.1, 0.15) is 31.4 Å². The molecule has 0 bridgehead atoms. The van der Waals surface area contributed by atoms with Gasteiger partial charge in [0.1, 0.15) is 11.9 Å². The minimum Gasteiger partial charge on any atom is -0.373 e. The summed E-state index contributed by atoms with van der Waals surface area (Å²) in [6, 6.07) is 17.4. The fourth-order valence-corrected chi connectivity index (χ4v) is 4.78. The number of hydrazine groups is 2. The van der Waals surface area contributed by atoms with Crippen molar-refractivity contribution in [2.45, 2.75) is 24.9 Å². The van der Waals surface area contributed by atoms with Gasteiger partial charge in [-0.25, -0.2) is 4.39 Å². The van der Waals surface area contributed by atoms with Crippen LogP contribution in [0.25, 0.3) is 10.9 Å². The van der Waals surface area contributed by atoms with Gasteiger partial charge in [-0.05, 0) is 60.9 Å². The van der Waals surface area contributed by atoms with E-state index in [9.17, 15) is 11.0 Å². The highest BCUT2D eigenvalue weighted by molar-refractivity contribution is 6.36. The van der Waals surface area contributed by atoms with E-state index in [2.05, 4.69) is 32.6 Å². The van der Waals surface area contributed by atoms with Gasteiger partial charge >= 0.3 is 0 Å². The fourth-order valence-electron chi connectivity index (χ4n) is 4.32. The average Bonchev–Trinajstić information content (AvgIpc) is 3.65. The summed E-state index contributed by atoms with van der Waals surface area (Å²) >= 11 is 12.9. The zero-order valence-electron chi connectivity index (χ0n) is 20.9. The number of nitrogens with one attached hydrogen (secondary N) is 4. The second-order valence-corrected chi connectivity index (χ2v) is 9.92. The molecule has 1 aromatic heterocycles. The summed E-state index contributed by atoms with van der Waals surface area (Å²) in [5.41, 5.74) is 9.75. The van der Waals surface area contributed by atoms with Crippen LogP contribution in [0.15, 0.2) is 78.8 Å². The molecule has 6 rings (SSSR count). The van der Waals surface area contributed by atoms with Crippen LogP contribution in [0.3, 0.4) is 0 Å². The lowest BCUT2D eigenvalue weighted by Crippen LogP contribution is -2.38. The van der Waals surface area contributed by atoms with Crippen molar-refractivity contribution in [2.75, 3.05) is 10.6 Å². The topological polar surface area (TPSA) is 88.0 Å². The minimum atomic E-state index is -1.54. The van der Waals surface area contributed by atoms with Gasteiger partial charge in [0.2, 0.25) is 0 Å². The first-order valence-electron chi connectivity index (χ1n) is 12.5. The minimum absolute atomic E-state index is 0.316. The Kier molecular flexibility index (Phi) is 6.10. The first-order valence-corrected chi connectivity index (χ1v) is 12.7. The van der Waals surface area contributed by atoms with E-state index in [-0.39, 0.29) is 0 Å². The predicted octanol–water partition coefficient (Wildman–Crippen LogP) is 6.78. The normalized spacial score (nSPS) is 16.7. The first kappa shape index (κ1) is 23.1. The van der Waals surface area contributed by atoms with Crippen LogP contribution in [0.2, 0.25) is 10.0 Å². The molecule has 2 aliphatic rings. The number of hydrogen-bond acceptors (Lipinski definition) is 7. The lowest BCUT2D eigenvalue weighted by atomic mass is 10.0. The molecule has 4 N–H and O–H groups in total. The molecule has 7 nitrogen and oxygen atoms in total. The number of halogens is 3. The molecule has 1 atom stereocenters. The predicted molar refractivity (Wildman–Crippen MR) is 148 cm³/mol. The van der Waals surface area contributed by atoms with Crippen LogP contribution in [0.5, 0.6) is 0 Å². The van der Waals surface area contributed by atoms with Gasteiger partial charge < -0.3 is 16.1 Å². The number of fused-ring (bicyclic) bond motifs is 1. The Morgan fingerprint density at radius 3 is 2.68 bits per heavy atom. The molecule has 1 saturated carbocycles. The van der Waals surface area contributed by atoms with Crippen LogP contribution in [-0.4, -0.2) is 16.0 Å². The molecule has 1 aliphatic heterocycles. The number of anilines is 3. The summed E-state index contributed by atoms with van der Waals surface area (Å²) in [7, 11) is 0. The number of nitriles is 1. The quantitative estimate of drug-likeness (QED) is 0.203. The molecule has 0 radical (unpaired) electrons. The molecule has 1 aliphatic carbocycles. The van der Waals surface area contributed by atoms with Gasteiger partial charge in [-0.1, -0.05) is 41.4 Å². The van der Waals surface area contributed by atoms with Crippen LogP contribution < -0.4 is 21.6 Å². The molecule has 4 aromatic rings. The van der Waals surface area contributed by atoms with Gasteiger partial charge in [-0.15, -0.1) is 5.53 Å². The van der Waals surface area contributed by atoms with Crippen LogP contribution in [0.4, 0.5) is 21.5 Å². The number of nitrogens with zero attached hydrogens (tertiary/aromatic N) is 3. The lowest BCUT2D eigenvalue weighted by Gasteiger charge is -2.22. The Morgan fingerprint density at radius 2 is 1.95 bits per heavy atom. The van der Waals surface area contributed by atoms with E-state index in [1.54, 1.807) is 42.5 Å². The van der Waals surface area contributed by atoms with Gasteiger partial charge in [-0.2, -0.15) is 5.26 Å². The zero-order chi connectivity index (χ0) is 27.1. The summed E-state index contributed by atoms with van der Waals surface area (Å²) in [6.07, 6.45) is 5.44. The Hall–Kier alpha value is -4.03. The van der Waals surface area contributed by atoms with E-state index in [0.717, 1.165) is 12.8 Å². The maximum atomic E-state index is 13.8. The summed E-state index contributed by atoms with van der Waals surface area (Å²) in [5, 5.41) is 19.8. The van der Waals surface area contributed by atoms with Crippen molar-refractivity contribution in [3.8, 4) is 6.07 Å². The second-order valence-electron chi connectivity index (χ2n) is 9.07. The standard InChI is InChI=1S/C28H22Cl2FN7/c29-18-2-1-3-20(10-18)34-26-17(13-32)14-33-28-23(26)11-21(12-24(28)30)35-27(16-4-6-19(31)7-5-16)25-15-38(37-36-25)22-8-9-22/h1-7,10-12,14-15,22,27,35-37H,8-9H2,(H,33,34)/i27D. The summed E-state index contributed by atoms with van der Waals surface area (Å²) in [6.45, 7) is 0. The molecule has 2 heterocycles. The maximum Gasteiger partial charge on any atom is 0.123 e. The van der Waals surface area contributed by atoms with E-state index in [1.165, 1.54) is 18.3 Å². The lowest BCUT2D eigenvalue weighted by molar-refractivity contribution is 0.260.